The minimum atomic E-state index is -1.86. The molecule has 1 saturated heterocycles. The van der Waals surface area contributed by atoms with Gasteiger partial charge in [-0.3, -0.25) is 4.79 Å². The molecule has 0 bridgehead atoms. The van der Waals surface area contributed by atoms with Gasteiger partial charge >= 0.3 is 11.9 Å². The number of aliphatic hydroxyl groups excluding tert-OH is 3. The van der Waals surface area contributed by atoms with Crippen LogP contribution in [-0.2, 0) is 41.6 Å². The van der Waals surface area contributed by atoms with Crippen molar-refractivity contribution in [1.29, 1.82) is 0 Å². The van der Waals surface area contributed by atoms with Crippen molar-refractivity contribution in [2.24, 2.45) is 17.8 Å². The standard InChI is InChI=1S/C32H41NO9/c1-19(2)22-13-15-23(16-14-22)29(37)33-24(17-20-9-5-3-6-10-20)30(38)42-32-27(36)25(34)26(35)28(41-32)31(39)40-18-21-11-7-4-8-12-21/h3-12,19,22-28,32,34-36H,13-18H2,1-2H3,(H,33,37)/t22?,23?,24-,25-,26-,27-,28-,32-/m0/s1. The number of benzene rings is 2. The molecule has 6 atom stereocenters. The van der Waals surface area contributed by atoms with Gasteiger partial charge in [-0.15, -0.1) is 0 Å². The van der Waals surface area contributed by atoms with E-state index >= 15 is 0 Å². The fourth-order valence-electron chi connectivity index (χ4n) is 5.53. The molecule has 2 aromatic rings. The van der Waals surface area contributed by atoms with E-state index in [4.69, 9.17) is 14.2 Å². The largest absolute Gasteiger partial charge is 0.459 e. The van der Waals surface area contributed by atoms with E-state index in [1.54, 1.807) is 30.3 Å². The van der Waals surface area contributed by atoms with Gasteiger partial charge in [0.2, 0.25) is 12.2 Å². The summed E-state index contributed by atoms with van der Waals surface area (Å²) in [5.41, 5.74) is 1.46. The van der Waals surface area contributed by atoms with Crippen molar-refractivity contribution in [3.05, 3.63) is 71.8 Å². The van der Waals surface area contributed by atoms with Crippen LogP contribution < -0.4 is 5.32 Å². The minimum Gasteiger partial charge on any atom is -0.459 e. The second-order valence-electron chi connectivity index (χ2n) is 11.5. The normalized spacial score (nSPS) is 28.5. The van der Waals surface area contributed by atoms with E-state index in [9.17, 15) is 29.7 Å². The molecule has 2 fully saturated rings. The number of esters is 2. The lowest BCUT2D eigenvalue weighted by atomic mass is 9.76. The van der Waals surface area contributed by atoms with Crippen molar-refractivity contribution in [1.82, 2.24) is 5.32 Å². The molecule has 1 aliphatic heterocycles. The number of nitrogens with one attached hydrogen (secondary N) is 1. The molecule has 10 heteroatoms. The molecule has 10 nitrogen and oxygen atoms in total. The highest BCUT2D eigenvalue weighted by molar-refractivity contribution is 5.86. The van der Waals surface area contributed by atoms with Crippen LogP contribution in [0.25, 0.3) is 0 Å². The average Bonchev–Trinajstić information content (AvgIpc) is 3.00. The summed E-state index contributed by atoms with van der Waals surface area (Å²) >= 11 is 0. The zero-order valence-corrected chi connectivity index (χ0v) is 24.0. The second-order valence-corrected chi connectivity index (χ2v) is 11.5. The van der Waals surface area contributed by atoms with Gasteiger partial charge in [0.05, 0.1) is 0 Å². The molecule has 1 amide bonds. The molecule has 0 unspecified atom stereocenters. The Morgan fingerprint density at radius 2 is 1.45 bits per heavy atom. The summed E-state index contributed by atoms with van der Waals surface area (Å²) in [7, 11) is 0. The minimum absolute atomic E-state index is 0.111. The van der Waals surface area contributed by atoms with E-state index in [1.807, 2.05) is 30.3 Å². The highest BCUT2D eigenvalue weighted by Gasteiger charge is 2.49. The van der Waals surface area contributed by atoms with Crippen LogP contribution in [0.3, 0.4) is 0 Å². The Kier molecular flexibility index (Phi) is 11.1. The van der Waals surface area contributed by atoms with Crippen molar-refractivity contribution in [3.8, 4) is 0 Å². The SMILES string of the molecule is CC(C)C1CCC(C(=O)N[C@@H](Cc2ccccc2)C(=O)O[C@@H]2O[C@H](C(=O)OCc3ccccc3)[C@@H](O)[C@H](O)[C@@H]2O)CC1. The van der Waals surface area contributed by atoms with E-state index in [0.29, 0.717) is 17.4 Å². The maximum absolute atomic E-state index is 13.4. The molecule has 0 aromatic heterocycles. The van der Waals surface area contributed by atoms with Crippen molar-refractivity contribution in [3.63, 3.8) is 0 Å². The summed E-state index contributed by atoms with van der Waals surface area (Å²) in [4.78, 5) is 39.4. The van der Waals surface area contributed by atoms with E-state index in [-0.39, 0.29) is 24.9 Å². The van der Waals surface area contributed by atoms with Crippen LogP contribution in [0.4, 0.5) is 0 Å². The Hall–Kier alpha value is -3.31. The maximum atomic E-state index is 13.4. The quantitative estimate of drug-likeness (QED) is 0.309. The fraction of sp³-hybridized carbons (Fsp3) is 0.531. The fourth-order valence-corrected chi connectivity index (χ4v) is 5.53. The topological polar surface area (TPSA) is 152 Å². The van der Waals surface area contributed by atoms with E-state index in [0.717, 1.165) is 31.2 Å². The summed E-state index contributed by atoms with van der Waals surface area (Å²) in [5, 5.41) is 34.2. The van der Waals surface area contributed by atoms with Gasteiger partial charge in [0.15, 0.2) is 6.10 Å². The number of hydrogen-bond acceptors (Lipinski definition) is 9. The second kappa shape index (κ2) is 14.7. The number of carbonyl (C=O) groups excluding carboxylic acids is 3. The Balaban J connectivity index is 1.43. The molecule has 4 rings (SSSR count). The van der Waals surface area contributed by atoms with E-state index in [1.165, 1.54) is 0 Å². The number of aliphatic hydroxyl groups is 3. The summed E-state index contributed by atoms with van der Waals surface area (Å²) < 4.78 is 16.1. The van der Waals surface area contributed by atoms with Crippen LogP contribution >= 0.6 is 0 Å². The molecule has 0 radical (unpaired) electrons. The van der Waals surface area contributed by atoms with Crippen molar-refractivity contribution in [2.45, 2.75) is 89.3 Å². The Morgan fingerprint density at radius 1 is 0.857 bits per heavy atom. The third kappa shape index (κ3) is 8.16. The maximum Gasteiger partial charge on any atom is 0.338 e. The molecule has 1 aliphatic carbocycles. The first-order valence-electron chi connectivity index (χ1n) is 14.6. The number of amides is 1. The Labute approximate surface area is 246 Å². The molecule has 228 valence electrons. The first-order valence-corrected chi connectivity index (χ1v) is 14.6. The number of carbonyl (C=O) groups is 3. The summed E-state index contributed by atoms with van der Waals surface area (Å²) in [5.74, 6) is -1.28. The molecule has 42 heavy (non-hydrogen) atoms. The van der Waals surface area contributed by atoms with Gasteiger partial charge in [0, 0.05) is 12.3 Å². The van der Waals surface area contributed by atoms with Crippen LogP contribution in [0, 0.1) is 17.8 Å². The number of rotatable bonds is 10. The van der Waals surface area contributed by atoms with Gasteiger partial charge in [0.25, 0.3) is 0 Å². The molecule has 0 spiro atoms. The Morgan fingerprint density at radius 3 is 2.05 bits per heavy atom. The lowest BCUT2D eigenvalue weighted by Crippen LogP contribution is -2.61. The van der Waals surface area contributed by atoms with Gasteiger partial charge in [-0.2, -0.15) is 0 Å². The average molecular weight is 584 g/mol. The smallest absolute Gasteiger partial charge is 0.338 e. The summed E-state index contributed by atoms with van der Waals surface area (Å²) in [6.07, 6.45) is -5.59. The van der Waals surface area contributed by atoms with Crippen LogP contribution in [0.1, 0.15) is 50.7 Å². The highest BCUT2D eigenvalue weighted by Crippen LogP contribution is 2.33. The molecule has 2 aliphatic rings. The molecule has 1 saturated carbocycles. The molecule has 2 aromatic carbocycles. The monoisotopic (exact) mass is 583 g/mol. The van der Waals surface area contributed by atoms with E-state index in [2.05, 4.69) is 19.2 Å². The zero-order valence-electron chi connectivity index (χ0n) is 24.0. The van der Waals surface area contributed by atoms with Crippen LogP contribution in [0.2, 0.25) is 0 Å². The highest BCUT2D eigenvalue weighted by atomic mass is 16.7. The van der Waals surface area contributed by atoms with Gasteiger partial charge in [-0.05, 0) is 48.6 Å². The van der Waals surface area contributed by atoms with Crippen LogP contribution in [0.15, 0.2) is 60.7 Å². The first kappa shape index (κ1) is 31.6. The summed E-state index contributed by atoms with van der Waals surface area (Å²) in [6, 6.07) is 16.8. The number of ether oxygens (including phenoxy) is 3. The van der Waals surface area contributed by atoms with Gasteiger partial charge in [-0.25, -0.2) is 9.59 Å². The predicted molar refractivity (Wildman–Crippen MR) is 151 cm³/mol. The number of hydrogen-bond donors (Lipinski definition) is 4. The zero-order chi connectivity index (χ0) is 30.2. The predicted octanol–water partition coefficient (Wildman–Crippen LogP) is 2.27. The van der Waals surface area contributed by atoms with Crippen molar-refractivity contribution >= 4 is 17.8 Å². The van der Waals surface area contributed by atoms with E-state index < -0.39 is 48.7 Å². The first-order chi connectivity index (χ1) is 20.1. The van der Waals surface area contributed by atoms with Crippen LogP contribution in [0.5, 0.6) is 0 Å². The lowest BCUT2D eigenvalue weighted by Gasteiger charge is -2.39. The summed E-state index contributed by atoms with van der Waals surface area (Å²) in [6.45, 7) is 4.25. The van der Waals surface area contributed by atoms with Gasteiger partial charge < -0.3 is 34.8 Å². The van der Waals surface area contributed by atoms with Gasteiger partial charge in [-0.1, -0.05) is 74.5 Å². The third-order valence-corrected chi connectivity index (χ3v) is 8.23. The molecule has 1 heterocycles. The van der Waals surface area contributed by atoms with Crippen molar-refractivity contribution < 1.29 is 43.9 Å². The third-order valence-electron chi connectivity index (χ3n) is 8.23. The van der Waals surface area contributed by atoms with Crippen molar-refractivity contribution in [2.75, 3.05) is 0 Å². The molecule has 4 N–H and O–H groups in total. The molecular formula is C32H41NO9. The molecular weight excluding hydrogens is 542 g/mol. The van der Waals surface area contributed by atoms with Gasteiger partial charge in [0.1, 0.15) is 31.0 Å². The Bertz CT molecular complexity index is 1170. The lowest BCUT2D eigenvalue weighted by molar-refractivity contribution is -0.288. The van der Waals surface area contributed by atoms with Crippen LogP contribution in [-0.4, -0.2) is 69.9 Å².